The molecule has 1 amide bonds. The molecule has 0 aliphatic rings. The second-order valence-electron chi connectivity index (χ2n) is 5.67. The maximum absolute atomic E-state index is 13.1. The highest BCUT2D eigenvalue weighted by Crippen LogP contribution is 2.18. The van der Waals surface area contributed by atoms with Crippen LogP contribution >= 0.6 is 11.6 Å². The Labute approximate surface area is 150 Å². The number of aryl methyl sites for hydroxylation is 1. The van der Waals surface area contributed by atoms with Crippen molar-refractivity contribution in [2.45, 2.75) is 19.4 Å². The van der Waals surface area contributed by atoms with Crippen molar-refractivity contribution in [1.29, 1.82) is 0 Å². The molecule has 3 aromatic rings. The van der Waals surface area contributed by atoms with Gasteiger partial charge in [-0.25, -0.2) is 4.39 Å². The minimum Gasteiger partial charge on any atom is -0.309 e. The third kappa shape index (κ3) is 4.90. The molecule has 0 saturated carbocycles. The predicted octanol–water partition coefficient (Wildman–Crippen LogP) is 4.30. The molecule has 6 heteroatoms. The number of benzene rings is 2. The highest BCUT2D eigenvalue weighted by atomic mass is 35.5. The average Bonchev–Trinajstić information content (AvgIpc) is 3.03. The van der Waals surface area contributed by atoms with Gasteiger partial charge in [0.15, 0.2) is 5.82 Å². The van der Waals surface area contributed by atoms with Crippen molar-refractivity contribution in [3.05, 3.63) is 82.8 Å². The monoisotopic (exact) mass is 357 g/mol. The topological polar surface area (TPSA) is 46.9 Å². The second-order valence-corrected chi connectivity index (χ2v) is 6.08. The molecule has 4 nitrogen and oxygen atoms in total. The normalized spacial score (nSPS) is 10.6. The molecule has 0 atom stereocenters. The van der Waals surface area contributed by atoms with Gasteiger partial charge in [-0.05, 0) is 29.7 Å². The van der Waals surface area contributed by atoms with Crippen molar-refractivity contribution in [1.82, 2.24) is 9.78 Å². The molecule has 0 aliphatic heterocycles. The van der Waals surface area contributed by atoms with Crippen LogP contribution in [0.4, 0.5) is 10.2 Å². The lowest BCUT2D eigenvalue weighted by Crippen LogP contribution is -2.13. The zero-order chi connectivity index (χ0) is 17.6. The second kappa shape index (κ2) is 7.94. The van der Waals surface area contributed by atoms with Crippen molar-refractivity contribution in [3.8, 4) is 0 Å². The van der Waals surface area contributed by atoms with Gasteiger partial charge in [0.1, 0.15) is 5.82 Å². The standard InChI is InChI=1S/C19H17ClFN3O/c20-17-12-16(21)8-7-15(17)13-24-11-10-18(23-24)22-19(25)9-6-14-4-2-1-3-5-14/h1-5,7-8,10-12H,6,9,13H2,(H,22,23,25). The van der Waals surface area contributed by atoms with Crippen molar-refractivity contribution < 1.29 is 9.18 Å². The van der Waals surface area contributed by atoms with E-state index in [2.05, 4.69) is 10.4 Å². The van der Waals surface area contributed by atoms with Crippen LogP contribution in [0, 0.1) is 5.82 Å². The molecule has 0 unspecified atom stereocenters. The summed E-state index contributed by atoms with van der Waals surface area (Å²) in [5.41, 5.74) is 1.88. The van der Waals surface area contributed by atoms with Crippen LogP contribution in [0.5, 0.6) is 0 Å². The smallest absolute Gasteiger partial charge is 0.225 e. The highest BCUT2D eigenvalue weighted by Gasteiger charge is 2.08. The van der Waals surface area contributed by atoms with E-state index in [1.807, 2.05) is 30.3 Å². The number of hydrogen-bond donors (Lipinski definition) is 1. The van der Waals surface area contributed by atoms with Crippen LogP contribution in [-0.4, -0.2) is 15.7 Å². The Balaban J connectivity index is 1.55. The van der Waals surface area contributed by atoms with Gasteiger partial charge in [-0.15, -0.1) is 0 Å². The van der Waals surface area contributed by atoms with Crippen molar-refractivity contribution >= 4 is 23.3 Å². The number of hydrogen-bond acceptors (Lipinski definition) is 2. The number of aromatic nitrogens is 2. The average molecular weight is 358 g/mol. The van der Waals surface area contributed by atoms with E-state index in [1.54, 1.807) is 23.0 Å². The fourth-order valence-corrected chi connectivity index (χ4v) is 2.68. The van der Waals surface area contributed by atoms with Crippen LogP contribution in [0.15, 0.2) is 60.8 Å². The molecule has 0 bridgehead atoms. The van der Waals surface area contributed by atoms with E-state index in [4.69, 9.17) is 11.6 Å². The zero-order valence-corrected chi connectivity index (χ0v) is 14.2. The van der Waals surface area contributed by atoms with Gasteiger partial charge in [0.2, 0.25) is 5.91 Å². The van der Waals surface area contributed by atoms with Crippen LogP contribution in [0.1, 0.15) is 17.5 Å². The first kappa shape index (κ1) is 17.2. The number of rotatable bonds is 6. The Morgan fingerprint density at radius 2 is 1.96 bits per heavy atom. The third-order valence-electron chi connectivity index (χ3n) is 3.74. The lowest BCUT2D eigenvalue weighted by atomic mass is 10.1. The largest absolute Gasteiger partial charge is 0.309 e. The van der Waals surface area contributed by atoms with Crippen molar-refractivity contribution in [3.63, 3.8) is 0 Å². The maximum atomic E-state index is 13.1. The van der Waals surface area contributed by atoms with Gasteiger partial charge < -0.3 is 5.32 Å². The van der Waals surface area contributed by atoms with E-state index in [0.717, 1.165) is 11.1 Å². The van der Waals surface area contributed by atoms with Crippen LogP contribution in [-0.2, 0) is 17.8 Å². The summed E-state index contributed by atoms with van der Waals surface area (Å²) in [4.78, 5) is 12.0. The summed E-state index contributed by atoms with van der Waals surface area (Å²) < 4.78 is 14.7. The summed E-state index contributed by atoms with van der Waals surface area (Å²) in [5.74, 6) is 0.0193. The Bertz CT molecular complexity index is 864. The molecule has 1 N–H and O–H groups in total. The van der Waals surface area contributed by atoms with E-state index < -0.39 is 0 Å². The number of anilines is 1. The summed E-state index contributed by atoms with van der Waals surface area (Å²) >= 11 is 6.02. The van der Waals surface area contributed by atoms with Gasteiger partial charge in [0.05, 0.1) is 6.54 Å². The number of nitrogens with zero attached hydrogens (tertiary/aromatic N) is 2. The molecule has 1 heterocycles. The molecule has 25 heavy (non-hydrogen) atoms. The molecular weight excluding hydrogens is 341 g/mol. The van der Waals surface area contributed by atoms with Gasteiger partial charge in [0, 0.05) is 23.7 Å². The van der Waals surface area contributed by atoms with E-state index >= 15 is 0 Å². The lowest BCUT2D eigenvalue weighted by molar-refractivity contribution is -0.116. The quantitative estimate of drug-likeness (QED) is 0.715. The number of nitrogens with one attached hydrogen (secondary N) is 1. The Morgan fingerprint density at radius 1 is 1.16 bits per heavy atom. The highest BCUT2D eigenvalue weighted by molar-refractivity contribution is 6.31. The molecule has 3 rings (SSSR count). The molecule has 0 fully saturated rings. The summed E-state index contributed by atoms with van der Waals surface area (Å²) in [7, 11) is 0. The molecule has 0 saturated heterocycles. The van der Waals surface area contributed by atoms with Gasteiger partial charge in [-0.3, -0.25) is 9.48 Å². The van der Waals surface area contributed by atoms with Gasteiger partial charge in [-0.2, -0.15) is 5.10 Å². The molecule has 128 valence electrons. The fourth-order valence-electron chi connectivity index (χ4n) is 2.45. The summed E-state index contributed by atoms with van der Waals surface area (Å²) in [6, 6.07) is 15.8. The first-order valence-corrected chi connectivity index (χ1v) is 8.29. The number of amides is 1. The summed E-state index contributed by atoms with van der Waals surface area (Å²) in [6.07, 6.45) is 2.81. The zero-order valence-electron chi connectivity index (χ0n) is 13.5. The molecule has 0 spiro atoms. The van der Waals surface area contributed by atoms with E-state index in [9.17, 15) is 9.18 Å². The van der Waals surface area contributed by atoms with Crippen LogP contribution in [0.3, 0.4) is 0 Å². The Kier molecular flexibility index (Phi) is 5.46. The van der Waals surface area contributed by atoms with Crippen LogP contribution in [0.25, 0.3) is 0 Å². The maximum Gasteiger partial charge on any atom is 0.225 e. The summed E-state index contributed by atoms with van der Waals surface area (Å²) in [5, 5.41) is 7.43. The van der Waals surface area contributed by atoms with Crippen molar-refractivity contribution in [2.24, 2.45) is 0 Å². The van der Waals surface area contributed by atoms with Crippen molar-refractivity contribution in [2.75, 3.05) is 5.32 Å². The molecule has 1 aromatic heterocycles. The Morgan fingerprint density at radius 3 is 2.72 bits per heavy atom. The molecule has 2 aromatic carbocycles. The van der Waals surface area contributed by atoms with E-state index in [1.165, 1.54) is 12.1 Å². The molecule has 0 radical (unpaired) electrons. The number of carbonyl (C=O) groups excluding carboxylic acids is 1. The lowest BCUT2D eigenvalue weighted by Gasteiger charge is -2.05. The first-order valence-electron chi connectivity index (χ1n) is 7.91. The minimum absolute atomic E-state index is 0.0890. The predicted molar refractivity (Wildman–Crippen MR) is 96.1 cm³/mol. The van der Waals surface area contributed by atoms with Gasteiger partial charge in [-0.1, -0.05) is 48.0 Å². The van der Waals surface area contributed by atoms with Crippen LogP contribution < -0.4 is 5.32 Å². The first-order chi connectivity index (χ1) is 12.1. The SMILES string of the molecule is O=C(CCc1ccccc1)Nc1ccn(Cc2ccc(F)cc2Cl)n1. The van der Waals surface area contributed by atoms with Gasteiger partial charge in [0.25, 0.3) is 0 Å². The number of carbonyl (C=O) groups is 1. The summed E-state index contributed by atoms with van der Waals surface area (Å²) in [6.45, 7) is 0.402. The van der Waals surface area contributed by atoms with E-state index in [-0.39, 0.29) is 11.7 Å². The van der Waals surface area contributed by atoms with E-state index in [0.29, 0.717) is 30.2 Å². The third-order valence-corrected chi connectivity index (χ3v) is 4.09. The fraction of sp³-hybridized carbons (Fsp3) is 0.158. The van der Waals surface area contributed by atoms with Gasteiger partial charge >= 0.3 is 0 Å². The van der Waals surface area contributed by atoms with Crippen LogP contribution in [0.2, 0.25) is 5.02 Å². The molecular formula is C19H17ClFN3O. The minimum atomic E-state index is -0.374. The number of halogens is 2. The molecule has 0 aliphatic carbocycles. The Hall–Kier alpha value is -2.66.